The van der Waals surface area contributed by atoms with Crippen molar-refractivity contribution in [3.63, 3.8) is 0 Å². The molecule has 26 heavy (non-hydrogen) atoms. The van der Waals surface area contributed by atoms with Gasteiger partial charge in [-0.3, -0.25) is 10.1 Å². The molecule has 3 aromatic carbocycles. The summed E-state index contributed by atoms with van der Waals surface area (Å²) in [7, 11) is 1.80. The number of aryl methyl sites for hydroxylation is 2. The number of nitrogens with two attached hydrogens (primary N) is 1. The van der Waals surface area contributed by atoms with Crippen molar-refractivity contribution >= 4 is 33.8 Å². The molecule has 6 heteroatoms. The van der Waals surface area contributed by atoms with Crippen LogP contribution >= 0.6 is 0 Å². The van der Waals surface area contributed by atoms with Gasteiger partial charge in [0.1, 0.15) is 0 Å². The third kappa shape index (κ3) is 2.65. The fourth-order valence-corrected chi connectivity index (χ4v) is 3.48. The Morgan fingerprint density at radius 3 is 2.62 bits per heavy atom. The van der Waals surface area contributed by atoms with Crippen molar-refractivity contribution < 1.29 is 4.92 Å². The highest BCUT2D eigenvalue weighted by atomic mass is 16.6. The van der Waals surface area contributed by atoms with E-state index in [4.69, 9.17) is 5.73 Å². The average molecular weight is 346 g/mol. The van der Waals surface area contributed by atoms with Crippen molar-refractivity contribution in [1.82, 2.24) is 0 Å². The minimum atomic E-state index is -0.421. The van der Waals surface area contributed by atoms with Crippen LogP contribution < -0.4 is 10.6 Å². The van der Waals surface area contributed by atoms with E-state index < -0.39 is 4.92 Å². The number of non-ortho nitro benzene ring substituents is 1. The van der Waals surface area contributed by atoms with Gasteiger partial charge in [-0.05, 0) is 52.9 Å². The summed E-state index contributed by atoms with van der Waals surface area (Å²) in [6.45, 7) is 0. The largest absolute Gasteiger partial charge is 0.369 e. The Bertz CT molecular complexity index is 1040. The molecule has 0 spiro atoms. The van der Waals surface area contributed by atoms with Crippen molar-refractivity contribution in [1.29, 1.82) is 0 Å². The molecule has 1 aliphatic rings. The number of anilines is 1. The zero-order valence-corrected chi connectivity index (χ0v) is 14.3. The SMILES string of the molecule is CN(C(N)=Nc1ccc2cccc3c2c1CC3)c1ccc([N+](=O)[O-])cc1. The maximum Gasteiger partial charge on any atom is 0.269 e. The lowest BCUT2D eigenvalue weighted by Gasteiger charge is -2.18. The minimum absolute atomic E-state index is 0.0490. The molecule has 2 N–H and O–H groups in total. The lowest BCUT2D eigenvalue weighted by molar-refractivity contribution is -0.384. The standard InChI is InChI=1S/C20H18N4O2/c1-23(15-7-9-16(10-8-15)24(25)26)20(21)22-18-12-6-14-4-2-3-13-5-11-17(18)19(13)14/h2-4,6-10,12H,5,11H2,1H3,(H2,21,22). The van der Waals surface area contributed by atoms with Gasteiger partial charge in [0.2, 0.25) is 5.96 Å². The topological polar surface area (TPSA) is 84.8 Å². The second kappa shape index (κ2) is 6.15. The van der Waals surface area contributed by atoms with E-state index in [1.54, 1.807) is 24.1 Å². The summed E-state index contributed by atoms with van der Waals surface area (Å²) in [6, 6.07) is 16.7. The van der Waals surface area contributed by atoms with Crippen LogP contribution in [0.15, 0.2) is 59.6 Å². The number of guanidine groups is 1. The fraction of sp³-hybridized carbons (Fsp3) is 0.150. The smallest absolute Gasteiger partial charge is 0.269 e. The second-order valence-electron chi connectivity index (χ2n) is 6.38. The number of hydrogen-bond acceptors (Lipinski definition) is 3. The molecule has 0 fully saturated rings. The molecule has 0 bridgehead atoms. The van der Waals surface area contributed by atoms with Crippen LogP contribution in [-0.4, -0.2) is 17.9 Å². The van der Waals surface area contributed by atoms with Crippen LogP contribution in [0.1, 0.15) is 11.1 Å². The van der Waals surface area contributed by atoms with Gasteiger partial charge in [-0.25, -0.2) is 4.99 Å². The summed E-state index contributed by atoms with van der Waals surface area (Å²) >= 11 is 0. The first-order valence-corrected chi connectivity index (χ1v) is 8.40. The predicted molar refractivity (Wildman–Crippen MR) is 104 cm³/mol. The number of nitro benzene ring substituents is 1. The van der Waals surface area contributed by atoms with Gasteiger partial charge in [0, 0.05) is 24.9 Å². The highest BCUT2D eigenvalue weighted by Gasteiger charge is 2.18. The second-order valence-corrected chi connectivity index (χ2v) is 6.38. The minimum Gasteiger partial charge on any atom is -0.369 e. The van der Waals surface area contributed by atoms with E-state index >= 15 is 0 Å². The molecule has 0 atom stereocenters. The molecule has 0 saturated carbocycles. The summed E-state index contributed by atoms with van der Waals surface area (Å²) in [5, 5.41) is 13.3. The van der Waals surface area contributed by atoms with Gasteiger partial charge in [0.05, 0.1) is 10.6 Å². The molecule has 0 radical (unpaired) electrons. The molecule has 0 unspecified atom stereocenters. The van der Waals surface area contributed by atoms with Crippen molar-refractivity contribution in [3.05, 3.63) is 75.8 Å². The first-order chi connectivity index (χ1) is 12.5. The third-order valence-corrected chi connectivity index (χ3v) is 4.89. The number of nitrogens with zero attached hydrogens (tertiary/aromatic N) is 3. The van der Waals surface area contributed by atoms with E-state index in [0.29, 0.717) is 5.96 Å². The van der Waals surface area contributed by atoms with Gasteiger partial charge in [-0.15, -0.1) is 0 Å². The Kier molecular flexibility index (Phi) is 3.80. The molecule has 0 saturated heterocycles. The van der Waals surface area contributed by atoms with Crippen molar-refractivity contribution in [2.45, 2.75) is 12.8 Å². The first-order valence-electron chi connectivity index (χ1n) is 8.40. The summed E-state index contributed by atoms with van der Waals surface area (Å²) < 4.78 is 0. The van der Waals surface area contributed by atoms with Gasteiger partial charge < -0.3 is 10.6 Å². The maximum absolute atomic E-state index is 10.8. The zero-order valence-electron chi connectivity index (χ0n) is 14.3. The monoisotopic (exact) mass is 346 g/mol. The van der Waals surface area contributed by atoms with E-state index in [-0.39, 0.29) is 5.69 Å². The van der Waals surface area contributed by atoms with Crippen LogP contribution in [0.4, 0.5) is 17.1 Å². The summed E-state index contributed by atoms with van der Waals surface area (Å²) in [4.78, 5) is 16.7. The Labute approximate surface area is 150 Å². The summed E-state index contributed by atoms with van der Waals surface area (Å²) in [5.41, 5.74) is 10.5. The molecule has 1 aliphatic carbocycles. The van der Waals surface area contributed by atoms with Crippen LogP contribution in [0.5, 0.6) is 0 Å². The third-order valence-electron chi connectivity index (χ3n) is 4.89. The molecule has 0 amide bonds. The molecular weight excluding hydrogens is 328 g/mol. The number of hydrogen-bond donors (Lipinski definition) is 1. The van der Waals surface area contributed by atoms with E-state index in [2.05, 4.69) is 29.3 Å². The van der Waals surface area contributed by atoms with E-state index in [1.807, 2.05) is 6.07 Å². The number of rotatable bonds is 3. The van der Waals surface area contributed by atoms with Crippen molar-refractivity contribution in [2.75, 3.05) is 11.9 Å². The average Bonchev–Trinajstić information content (AvgIpc) is 3.09. The number of nitro groups is 1. The van der Waals surface area contributed by atoms with Gasteiger partial charge in [-0.2, -0.15) is 0 Å². The Balaban J connectivity index is 1.68. The van der Waals surface area contributed by atoms with Crippen molar-refractivity contribution in [3.8, 4) is 0 Å². The maximum atomic E-state index is 10.8. The van der Waals surface area contributed by atoms with Crippen LogP contribution in [0.2, 0.25) is 0 Å². The highest BCUT2D eigenvalue weighted by molar-refractivity contribution is 5.99. The molecule has 0 aliphatic heterocycles. The molecule has 6 nitrogen and oxygen atoms in total. The molecule has 4 rings (SSSR count). The lowest BCUT2D eigenvalue weighted by atomic mass is 10.0. The molecule has 0 heterocycles. The quantitative estimate of drug-likeness (QED) is 0.337. The van der Waals surface area contributed by atoms with Crippen LogP contribution in [0.25, 0.3) is 10.8 Å². The van der Waals surface area contributed by atoms with Gasteiger partial charge in [0.15, 0.2) is 0 Å². The number of benzene rings is 3. The summed E-state index contributed by atoms with van der Waals surface area (Å²) in [6.07, 6.45) is 1.99. The van der Waals surface area contributed by atoms with Gasteiger partial charge in [0.25, 0.3) is 5.69 Å². The highest BCUT2D eigenvalue weighted by Crippen LogP contribution is 2.37. The molecule has 130 valence electrons. The van der Waals surface area contributed by atoms with E-state index in [9.17, 15) is 10.1 Å². The molecule has 0 aromatic heterocycles. The van der Waals surface area contributed by atoms with E-state index in [0.717, 1.165) is 24.2 Å². The predicted octanol–water partition coefficient (Wildman–Crippen LogP) is 3.93. The van der Waals surface area contributed by atoms with Crippen LogP contribution in [0.3, 0.4) is 0 Å². The molecule has 3 aromatic rings. The lowest BCUT2D eigenvalue weighted by Crippen LogP contribution is -2.33. The number of aliphatic imine (C=N–C) groups is 1. The van der Waals surface area contributed by atoms with E-state index in [1.165, 1.54) is 34.0 Å². The van der Waals surface area contributed by atoms with Gasteiger partial charge >= 0.3 is 0 Å². The molecular formula is C20H18N4O2. The first kappa shape index (κ1) is 16.1. The fourth-order valence-electron chi connectivity index (χ4n) is 3.48. The zero-order chi connectivity index (χ0) is 18.3. The van der Waals surface area contributed by atoms with Crippen LogP contribution in [-0.2, 0) is 12.8 Å². The van der Waals surface area contributed by atoms with Gasteiger partial charge in [-0.1, -0.05) is 24.3 Å². The normalized spacial score (nSPS) is 13.2. The van der Waals surface area contributed by atoms with Crippen molar-refractivity contribution in [2.24, 2.45) is 10.7 Å². The Hall–Kier alpha value is -3.41. The summed E-state index contributed by atoms with van der Waals surface area (Å²) in [5.74, 6) is 0.346. The Morgan fingerprint density at radius 2 is 1.88 bits per heavy atom. The Morgan fingerprint density at radius 1 is 1.12 bits per heavy atom. The van der Waals surface area contributed by atoms with Crippen LogP contribution in [0, 0.1) is 10.1 Å².